The van der Waals surface area contributed by atoms with E-state index in [4.69, 9.17) is 33.0 Å². The van der Waals surface area contributed by atoms with Crippen LogP contribution in [0.5, 0.6) is 5.75 Å². The molecule has 0 bridgehead atoms. The van der Waals surface area contributed by atoms with Gasteiger partial charge < -0.3 is 25.6 Å². The number of hydrogen-bond donors (Lipinski definition) is 4. The zero-order chi connectivity index (χ0) is 28.8. The van der Waals surface area contributed by atoms with Crippen molar-refractivity contribution in [3.63, 3.8) is 0 Å². The molecule has 0 fully saturated rings. The van der Waals surface area contributed by atoms with E-state index >= 15 is 0 Å². The van der Waals surface area contributed by atoms with Gasteiger partial charge in [0.15, 0.2) is 0 Å². The molecule has 0 radical (unpaired) electrons. The van der Waals surface area contributed by atoms with Crippen molar-refractivity contribution in [2.75, 3.05) is 23.8 Å². The molecule has 2 aromatic heterocycles. The minimum Gasteiger partial charge on any atom is -0.508 e. The van der Waals surface area contributed by atoms with E-state index < -0.39 is 11.6 Å². The Hall–Kier alpha value is -4.38. The average molecular weight is 582 g/mol. The Balaban J connectivity index is 1.70. The number of carbonyl (C=O) groups excluding carboxylic acids is 1. The number of amides is 2. The number of aliphatic hydroxyl groups excluding tert-OH is 2. The van der Waals surface area contributed by atoms with Gasteiger partial charge in [0.2, 0.25) is 0 Å². The summed E-state index contributed by atoms with van der Waals surface area (Å²) >= 11 is 12.2. The lowest BCUT2D eigenvalue weighted by Crippen LogP contribution is -2.29. The zero-order valence-corrected chi connectivity index (χ0v) is 22.8. The summed E-state index contributed by atoms with van der Waals surface area (Å²) < 4.78 is 6.80. The smallest absolute Gasteiger partial charge is 0.323 e. The fraction of sp³-hybridized carbons (Fsp3) is 0.143. The number of aromatic nitrogens is 3. The summed E-state index contributed by atoms with van der Waals surface area (Å²) in [5.74, 6) is 0.318. The molecule has 4 N–H and O–H groups in total. The molecule has 0 aliphatic heterocycles. The molecule has 2 heterocycles. The molecule has 0 spiro atoms. The number of pyridine rings is 1. The number of hydrogen-bond acceptors (Lipinski definition) is 7. The van der Waals surface area contributed by atoms with Crippen LogP contribution in [0.3, 0.4) is 0 Å². The van der Waals surface area contributed by atoms with E-state index in [2.05, 4.69) is 27.3 Å². The van der Waals surface area contributed by atoms with Gasteiger partial charge in [-0.3, -0.25) is 9.78 Å². The van der Waals surface area contributed by atoms with Gasteiger partial charge >= 0.3 is 6.03 Å². The van der Waals surface area contributed by atoms with Gasteiger partial charge in [-0.2, -0.15) is 5.10 Å². The number of carbonyl (C=O) groups is 1. The van der Waals surface area contributed by atoms with E-state index in [0.717, 1.165) is 11.1 Å². The molecule has 0 unspecified atom stereocenters. The van der Waals surface area contributed by atoms with Crippen LogP contribution in [0.2, 0.25) is 10.0 Å². The highest BCUT2D eigenvalue weighted by Gasteiger charge is 2.16. The maximum atomic E-state index is 13.0. The SMILES string of the molecule is C=C(O)c1cc(OCCO)cc(-c2cccc(-c3cc(NC(=O)Nc4c(Cl)cncc4Cl)c(=O)n(CC)n3)c2)c1. The van der Waals surface area contributed by atoms with Gasteiger partial charge in [0, 0.05) is 30.1 Å². The van der Waals surface area contributed by atoms with E-state index in [0.29, 0.717) is 22.6 Å². The van der Waals surface area contributed by atoms with Crippen LogP contribution in [-0.4, -0.2) is 44.2 Å². The maximum Gasteiger partial charge on any atom is 0.323 e. The van der Waals surface area contributed by atoms with Crippen LogP contribution in [0.25, 0.3) is 28.1 Å². The highest BCUT2D eigenvalue weighted by atomic mass is 35.5. The summed E-state index contributed by atoms with van der Waals surface area (Å²) in [5.41, 5.74) is 2.69. The molecule has 0 atom stereocenters. The number of aryl methyl sites for hydroxylation is 1. The van der Waals surface area contributed by atoms with Gasteiger partial charge in [-0.25, -0.2) is 9.48 Å². The van der Waals surface area contributed by atoms with Crippen LogP contribution in [0.1, 0.15) is 12.5 Å². The summed E-state index contributed by atoms with van der Waals surface area (Å²) in [6.45, 7) is 5.54. The van der Waals surface area contributed by atoms with Crippen molar-refractivity contribution < 1.29 is 19.7 Å². The number of ether oxygens (including phenoxy) is 1. The van der Waals surface area contributed by atoms with Gasteiger partial charge in [0.25, 0.3) is 5.56 Å². The van der Waals surface area contributed by atoms with Crippen molar-refractivity contribution in [2.24, 2.45) is 0 Å². The largest absolute Gasteiger partial charge is 0.508 e. The molecule has 0 saturated heterocycles. The van der Waals surface area contributed by atoms with Crippen LogP contribution in [0.15, 0.2) is 72.3 Å². The highest BCUT2D eigenvalue weighted by molar-refractivity contribution is 6.39. The van der Waals surface area contributed by atoms with Gasteiger partial charge in [0.1, 0.15) is 23.8 Å². The summed E-state index contributed by atoms with van der Waals surface area (Å²) in [5, 5.41) is 28.9. The Morgan fingerprint density at radius 3 is 2.45 bits per heavy atom. The molecule has 4 rings (SSSR count). The number of anilines is 2. The fourth-order valence-electron chi connectivity index (χ4n) is 3.82. The number of benzene rings is 2. The van der Waals surface area contributed by atoms with Crippen molar-refractivity contribution in [3.8, 4) is 28.1 Å². The Morgan fingerprint density at radius 2 is 1.77 bits per heavy atom. The lowest BCUT2D eigenvalue weighted by Gasteiger charge is -2.13. The molecular weight excluding hydrogens is 557 g/mol. The molecule has 206 valence electrons. The summed E-state index contributed by atoms with van der Waals surface area (Å²) in [7, 11) is 0. The van der Waals surface area contributed by atoms with E-state index in [-0.39, 0.29) is 46.9 Å². The van der Waals surface area contributed by atoms with Crippen molar-refractivity contribution >= 4 is 46.4 Å². The third-order valence-electron chi connectivity index (χ3n) is 5.71. The fourth-order valence-corrected chi connectivity index (χ4v) is 4.28. The predicted molar refractivity (Wildman–Crippen MR) is 156 cm³/mol. The third kappa shape index (κ3) is 6.60. The van der Waals surface area contributed by atoms with Crippen molar-refractivity contribution in [1.29, 1.82) is 0 Å². The van der Waals surface area contributed by atoms with E-state index in [9.17, 15) is 14.7 Å². The van der Waals surface area contributed by atoms with E-state index in [1.165, 1.54) is 23.1 Å². The molecule has 4 aromatic rings. The molecule has 2 aromatic carbocycles. The Morgan fingerprint density at radius 1 is 1.05 bits per heavy atom. The highest BCUT2D eigenvalue weighted by Crippen LogP contribution is 2.32. The van der Waals surface area contributed by atoms with Crippen LogP contribution in [0, 0.1) is 0 Å². The minimum atomic E-state index is -0.725. The van der Waals surface area contributed by atoms with Crippen molar-refractivity contribution in [3.05, 3.63) is 93.5 Å². The van der Waals surface area contributed by atoms with Gasteiger partial charge in [-0.05, 0) is 48.4 Å². The first-order valence-electron chi connectivity index (χ1n) is 12.1. The number of nitrogens with zero attached hydrogens (tertiary/aromatic N) is 3. The monoisotopic (exact) mass is 581 g/mol. The predicted octanol–water partition coefficient (Wildman–Crippen LogP) is 5.84. The quantitative estimate of drug-likeness (QED) is 0.182. The molecule has 0 aliphatic rings. The van der Waals surface area contributed by atoms with Crippen molar-refractivity contribution in [1.82, 2.24) is 14.8 Å². The number of urea groups is 1. The molecule has 12 heteroatoms. The second kappa shape index (κ2) is 12.6. The lowest BCUT2D eigenvalue weighted by atomic mass is 9.99. The van der Waals surface area contributed by atoms with Crippen molar-refractivity contribution in [2.45, 2.75) is 13.5 Å². The molecule has 2 amide bonds. The lowest BCUT2D eigenvalue weighted by molar-refractivity contribution is 0.201. The topological polar surface area (TPSA) is 139 Å². The first-order valence-corrected chi connectivity index (χ1v) is 12.8. The van der Waals surface area contributed by atoms with Crippen LogP contribution in [0.4, 0.5) is 16.2 Å². The number of halogens is 2. The summed E-state index contributed by atoms with van der Waals surface area (Å²) in [6, 6.07) is 13.2. The molecular formula is C28H25Cl2N5O5. The van der Waals surface area contributed by atoms with Gasteiger partial charge in [-0.15, -0.1) is 0 Å². The van der Waals surface area contributed by atoms with Crippen LogP contribution < -0.4 is 20.9 Å². The zero-order valence-electron chi connectivity index (χ0n) is 21.3. The average Bonchev–Trinajstić information content (AvgIpc) is 2.95. The molecule has 0 aliphatic carbocycles. The first kappa shape index (κ1) is 28.6. The standard InChI is InChI=1S/C28H25Cl2N5O5/c1-3-35-27(38)25(32-28(39)33-26-22(29)14-31-15-23(26)30)13-24(34-35)18-6-4-5-17(9-18)20-10-19(16(2)37)11-21(12-20)40-8-7-36/h4-6,9-15,36-37H,2-3,7-8H2,1H3,(H2,31,32,33,39). The Kier molecular flexibility index (Phi) is 9.05. The number of nitrogens with one attached hydrogen (secondary N) is 2. The normalized spacial score (nSPS) is 10.7. The number of aliphatic hydroxyl groups is 2. The molecule has 0 saturated carbocycles. The Labute approximate surface area is 239 Å². The number of rotatable bonds is 9. The maximum absolute atomic E-state index is 13.0. The van der Waals surface area contributed by atoms with Gasteiger partial charge in [0.05, 0.1) is 28.0 Å². The van der Waals surface area contributed by atoms with Gasteiger partial charge in [-0.1, -0.05) is 48.0 Å². The molecule has 10 nitrogen and oxygen atoms in total. The Bertz CT molecular complexity index is 1620. The summed E-state index contributed by atoms with van der Waals surface area (Å²) in [6.07, 6.45) is 2.66. The second-order valence-corrected chi connectivity index (χ2v) is 9.28. The minimum absolute atomic E-state index is 0.00526. The third-order valence-corrected chi connectivity index (χ3v) is 6.28. The van der Waals surface area contributed by atoms with Crippen LogP contribution >= 0.6 is 23.2 Å². The summed E-state index contributed by atoms with van der Waals surface area (Å²) in [4.78, 5) is 29.5. The van der Waals surface area contributed by atoms with E-state index in [1.54, 1.807) is 25.1 Å². The second-order valence-electron chi connectivity index (χ2n) is 8.47. The van der Waals surface area contributed by atoms with Crippen LogP contribution in [-0.2, 0) is 6.54 Å². The van der Waals surface area contributed by atoms with E-state index in [1.807, 2.05) is 24.3 Å². The first-order chi connectivity index (χ1) is 19.2. The molecule has 40 heavy (non-hydrogen) atoms.